The van der Waals surface area contributed by atoms with Crippen LogP contribution < -0.4 is 0 Å². The van der Waals surface area contributed by atoms with E-state index in [-0.39, 0.29) is 54.6 Å². The molecule has 12 heteroatoms. The van der Waals surface area contributed by atoms with Gasteiger partial charge in [-0.2, -0.15) is 0 Å². The molecular weight excluding hydrogens is 873 g/mol. The minimum absolute atomic E-state index is 0.0602. The van der Waals surface area contributed by atoms with Crippen molar-refractivity contribution in [3.05, 3.63) is 83.0 Å². The molecule has 0 unspecified atom stereocenters. The SMILES string of the molecule is C=CC(=O)N1C(C)(C)CC(OC(=O)C(Cc2cc(CCCC)c(O)c(CCCC)c2)(OC(=O)c2cc(CCCC)c(O)c(CCCC)c2)C(=O)OC2CC(C)(C)N(C(=O)C=C)C(C)(C)C2)CC1(C)C. The van der Waals surface area contributed by atoms with E-state index in [2.05, 4.69) is 27.0 Å². The summed E-state index contributed by atoms with van der Waals surface area (Å²) in [5.41, 5.74) is -3.14. The van der Waals surface area contributed by atoms with Gasteiger partial charge in [0, 0.05) is 54.3 Å². The molecule has 2 N–H and O–H groups in total. The van der Waals surface area contributed by atoms with Gasteiger partial charge in [0.15, 0.2) is 0 Å². The first-order chi connectivity index (χ1) is 32.3. The second kappa shape index (κ2) is 23.2. The number of piperidine rings is 2. The molecular formula is C57H84N2O10. The quantitative estimate of drug-likeness (QED) is 0.0503. The Bertz CT molecular complexity index is 2030. The van der Waals surface area contributed by atoms with Crippen molar-refractivity contribution >= 4 is 29.7 Å². The number of carbonyl (C=O) groups excluding carboxylic acids is 5. The van der Waals surface area contributed by atoms with Gasteiger partial charge in [-0.25, -0.2) is 14.4 Å². The molecule has 0 radical (unpaired) electrons. The molecule has 0 bridgehead atoms. The third-order valence-electron chi connectivity index (χ3n) is 14.1. The Hall–Kier alpha value is -5.13. The van der Waals surface area contributed by atoms with Gasteiger partial charge in [-0.3, -0.25) is 9.59 Å². The maximum atomic E-state index is 15.7. The molecule has 2 aliphatic heterocycles. The second-order valence-electron chi connectivity index (χ2n) is 22.1. The zero-order valence-corrected chi connectivity index (χ0v) is 44.1. The first-order valence-corrected chi connectivity index (χ1v) is 25.5. The molecule has 2 aromatic carbocycles. The highest BCUT2D eigenvalue weighted by atomic mass is 16.6. The van der Waals surface area contributed by atoms with Crippen LogP contribution >= 0.6 is 0 Å². The Morgan fingerprint density at radius 2 is 0.884 bits per heavy atom. The van der Waals surface area contributed by atoms with Gasteiger partial charge in [-0.05, 0) is 159 Å². The topological polar surface area (TPSA) is 160 Å². The van der Waals surface area contributed by atoms with Crippen molar-refractivity contribution < 1.29 is 48.4 Å². The predicted molar refractivity (Wildman–Crippen MR) is 271 cm³/mol. The number of nitrogens with zero attached hydrogens (tertiary/aromatic N) is 2. The summed E-state index contributed by atoms with van der Waals surface area (Å²) < 4.78 is 19.6. The molecule has 2 aliphatic rings. The average molecular weight is 957 g/mol. The van der Waals surface area contributed by atoms with Crippen LogP contribution in [0.4, 0.5) is 0 Å². The number of hydrogen-bond donors (Lipinski definition) is 2. The van der Waals surface area contributed by atoms with E-state index in [1.54, 1.807) is 34.1 Å². The van der Waals surface area contributed by atoms with Crippen molar-refractivity contribution in [3.63, 3.8) is 0 Å². The summed E-state index contributed by atoms with van der Waals surface area (Å²) in [4.78, 5) is 76.6. The third-order valence-corrected chi connectivity index (χ3v) is 14.1. The first-order valence-electron chi connectivity index (χ1n) is 25.5. The first kappa shape index (κ1) is 56.5. The minimum atomic E-state index is -2.74. The van der Waals surface area contributed by atoms with Gasteiger partial charge in [0.1, 0.15) is 23.7 Å². The number of ether oxygens (including phenoxy) is 3. The van der Waals surface area contributed by atoms with E-state index in [1.165, 1.54) is 12.2 Å². The van der Waals surface area contributed by atoms with E-state index < -0.39 is 64.3 Å². The van der Waals surface area contributed by atoms with E-state index in [9.17, 15) is 19.8 Å². The van der Waals surface area contributed by atoms with E-state index in [0.717, 1.165) is 51.4 Å². The van der Waals surface area contributed by atoms with E-state index in [0.29, 0.717) is 53.5 Å². The van der Waals surface area contributed by atoms with Crippen molar-refractivity contribution in [1.82, 2.24) is 9.80 Å². The summed E-state index contributed by atoms with van der Waals surface area (Å²) in [6.07, 6.45) is 9.61. The summed E-state index contributed by atoms with van der Waals surface area (Å²) in [6, 6.07) is 6.69. The maximum Gasteiger partial charge on any atom is 0.363 e. The highest BCUT2D eigenvalue weighted by Crippen LogP contribution is 2.43. The third kappa shape index (κ3) is 13.2. The van der Waals surface area contributed by atoms with Gasteiger partial charge in [-0.1, -0.05) is 78.7 Å². The molecule has 2 heterocycles. The molecule has 2 fully saturated rings. The van der Waals surface area contributed by atoms with Crippen molar-refractivity contribution in [3.8, 4) is 11.5 Å². The van der Waals surface area contributed by atoms with Gasteiger partial charge < -0.3 is 34.2 Å². The maximum absolute atomic E-state index is 15.7. The van der Waals surface area contributed by atoms with Crippen LogP contribution in [0.25, 0.3) is 0 Å². The summed E-state index contributed by atoms with van der Waals surface area (Å²) >= 11 is 0. The number of aryl methyl sites for hydroxylation is 4. The molecule has 0 atom stereocenters. The Kier molecular flexibility index (Phi) is 19.0. The number of unbranched alkanes of at least 4 members (excludes halogenated alkanes) is 4. The smallest absolute Gasteiger partial charge is 0.363 e. The Morgan fingerprint density at radius 1 is 0.580 bits per heavy atom. The fraction of sp³-hybridized carbons (Fsp3) is 0.632. The molecule has 0 spiro atoms. The standard InChI is InChI=1S/C57H84N2O10/c1-15-21-25-39-29-38(30-40(48(39)62)26-22-16-2)33-57(51(65)67-44-34-53(7,8)58(46(60)19-5)54(9,10)35-44,52(66)68-45-36-55(11,12)59(47(61)20-6)56(13,14)37-45)69-50(64)43-31-41(27-23-17-3)49(63)42(32-43)28-24-18-4/h19-20,29-32,44-45,62-63H,5-6,15-18,21-28,33-37H2,1-4,7-14H3. The fourth-order valence-corrected chi connectivity index (χ4v) is 11.3. The molecule has 2 amide bonds. The largest absolute Gasteiger partial charge is 0.507 e. The highest BCUT2D eigenvalue weighted by Gasteiger charge is 2.58. The molecule has 69 heavy (non-hydrogen) atoms. The molecule has 12 nitrogen and oxygen atoms in total. The van der Waals surface area contributed by atoms with Crippen LogP contribution in [0.1, 0.15) is 198 Å². The number of esters is 3. The number of rotatable bonds is 22. The summed E-state index contributed by atoms with van der Waals surface area (Å²) in [5, 5.41) is 23.0. The number of likely N-dealkylation sites (tertiary alicyclic amines) is 2. The number of phenolic OH excluding ortho intramolecular Hbond substituents is 2. The molecule has 0 aliphatic carbocycles. The lowest BCUT2D eigenvalue weighted by Crippen LogP contribution is -2.65. The van der Waals surface area contributed by atoms with Crippen molar-refractivity contribution in [2.75, 3.05) is 0 Å². The van der Waals surface area contributed by atoms with Crippen molar-refractivity contribution in [2.24, 2.45) is 0 Å². The van der Waals surface area contributed by atoms with Crippen molar-refractivity contribution in [1.29, 1.82) is 0 Å². The van der Waals surface area contributed by atoms with E-state index in [1.807, 2.05) is 69.2 Å². The van der Waals surface area contributed by atoms with Gasteiger partial charge in [-0.15, -0.1) is 0 Å². The molecule has 4 rings (SSSR count). The summed E-state index contributed by atoms with van der Waals surface area (Å²) in [7, 11) is 0. The fourth-order valence-electron chi connectivity index (χ4n) is 11.3. The van der Waals surface area contributed by atoms with Crippen LogP contribution in [0.2, 0.25) is 0 Å². The normalized spacial score (nSPS) is 17.7. The second-order valence-corrected chi connectivity index (χ2v) is 22.1. The lowest BCUT2D eigenvalue weighted by atomic mass is 9.77. The van der Waals surface area contributed by atoms with Crippen LogP contribution in [0, 0.1) is 0 Å². The number of amides is 2. The Morgan fingerprint density at radius 3 is 1.17 bits per heavy atom. The number of hydrogen-bond acceptors (Lipinski definition) is 10. The minimum Gasteiger partial charge on any atom is -0.507 e. The van der Waals surface area contributed by atoms with Gasteiger partial charge in [0.2, 0.25) is 11.8 Å². The number of benzene rings is 2. The van der Waals surface area contributed by atoms with Crippen LogP contribution in [0.3, 0.4) is 0 Å². The monoisotopic (exact) mass is 957 g/mol. The zero-order valence-electron chi connectivity index (χ0n) is 44.1. The van der Waals surface area contributed by atoms with Crippen molar-refractivity contribution in [2.45, 2.75) is 232 Å². The summed E-state index contributed by atoms with van der Waals surface area (Å²) in [6.45, 7) is 30.7. The summed E-state index contributed by atoms with van der Waals surface area (Å²) in [5.74, 6) is -3.52. The van der Waals surface area contributed by atoms with Crippen LogP contribution in [0.5, 0.6) is 11.5 Å². The Labute approximate surface area is 413 Å². The highest BCUT2D eigenvalue weighted by molar-refractivity contribution is 6.07. The Balaban J connectivity index is 2.02. The molecule has 2 aromatic rings. The zero-order chi connectivity index (χ0) is 51.7. The molecule has 382 valence electrons. The average Bonchev–Trinajstić information content (AvgIpc) is 3.25. The number of carbonyl (C=O) groups is 5. The van der Waals surface area contributed by atoms with Gasteiger partial charge in [0.05, 0.1) is 5.56 Å². The van der Waals surface area contributed by atoms with Gasteiger partial charge in [0.25, 0.3) is 0 Å². The lowest BCUT2D eigenvalue weighted by Gasteiger charge is -2.55. The molecule has 2 saturated heterocycles. The predicted octanol–water partition coefficient (Wildman–Crippen LogP) is 11.2. The van der Waals surface area contributed by atoms with Crippen LogP contribution in [-0.4, -0.2) is 89.7 Å². The molecule has 0 aromatic heterocycles. The van der Waals surface area contributed by atoms with Crippen LogP contribution in [-0.2, 0) is 65.5 Å². The van der Waals surface area contributed by atoms with Gasteiger partial charge >= 0.3 is 23.5 Å². The molecule has 0 saturated carbocycles. The number of aromatic hydroxyl groups is 2. The number of phenols is 2. The van der Waals surface area contributed by atoms with E-state index in [4.69, 9.17) is 14.2 Å². The van der Waals surface area contributed by atoms with E-state index >= 15 is 14.4 Å². The lowest BCUT2D eigenvalue weighted by molar-refractivity contribution is -0.199. The van der Waals surface area contributed by atoms with Crippen LogP contribution in [0.15, 0.2) is 49.6 Å².